The van der Waals surface area contributed by atoms with E-state index in [2.05, 4.69) is 42.9 Å². The lowest BCUT2D eigenvalue weighted by Crippen LogP contribution is -2.50. The zero-order valence-electron chi connectivity index (χ0n) is 18.5. The maximum atomic E-state index is 12.7. The number of fused-ring (bicyclic) bond motifs is 1. The Kier molecular flexibility index (Phi) is 6.03. The van der Waals surface area contributed by atoms with E-state index < -0.39 is 14.8 Å². The number of benzene rings is 1. The van der Waals surface area contributed by atoms with Crippen LogP contribution in [-0.4, -0.2) is 43.2 Å². The average molecular weight is 422 g/mol. The number of anilines is 1. The Hall–Kier alpha value is -1.60. The van der Waals surface area contributed by atoms with Crippen LogP contribution < -0.4 is 10.0 Å². The lowest BCUT2D eigenvalue weighted by Gasteiger charge is -2.33. The highest BCUT2D eigenvalue weighted by Gasteiger charge is 2.34. The summed E-state index contributed by atoms with van der Waals surface area (Å²) < 4.78 is 26.6. The van der Waals surface area contributed by atoms with E-state index in [4.69, 9.17) is 0 Å². The topological polar surface area (TPSA) is 78.5 Å². The summed E-state index contributed by atoms with van der Waals surface area (Å²) in [6.45, 7) is 13.0. The van der Waals surface area contributed by atoms with E-state index in [-0.39, 0.29) is 12.1 Å². The van der Waals surface area contributed by atoms with Gasteiger partial charge in [-0.25, -0.2) is 17.9 Å². The fourth-order valence-electron chi connectivity index (χ4n) is 4.26. The Morgan fingerprint density at radius 2 is 1.62 bits per heavy atom. The van der Waals surface area contributed by atoms with Gasteiger partial charge in [-0.05, 0) is 74.6 Å². The van der Waals surface area contributed by atoms with Crippen molar-refractivity contribution in [2.45, 2.75) is 77.0 Å². The SMILES string of the molecule is CC1c2ccc(NC(=O)N3CCC(NS(=O)(=O)C(C)(C)C)CC3)cc2C(C)C1C. The monoisotopic (exact) mass is 421 g/mol. The average Bonchev–Trinajstić information content (AvgIpc) is 2.85. The number of hydrogen-bond donors (Lipinski definition) is 2. The van der Waals surface area contributed by atoms with Crippen molar-refractivity contribution >= 4 is 21.7 Å². The van der Waals surface area contributed by atoms with Gasteiger partial charge in [0.2, 0.25) is 10.0 Å². The van der Waals surface area contributed by atoms with Gasteiger partial charge < -0.3 is 10.2 Å². The van der Waals surface area contributed by atoms with E-state index in [1.807, 2.05) is 6.07 Å². The molecule has 0 saturated carbocycles. The molecule has 1 heterocycles. The van der Waals surface area contributed by atoms with Crippen molar-refractivity contribution in [1.29, 1.82) is 0 Å². The number of nitrogens with one attached hydrogen (secondary N) is 2. The number of sulfonamides is 1. The Morgan fingerprint density at radius 1 is 1.03 bits per heavy atom. The van der Waals surface area contributed by atoms with E-state index in [9.17, 15) is 13.2 Å². The number of nitrogens with zero attached hydrogens (tertiary/aromatic N) is 1. The van der Waals surface area contributed by atoms with Crippen LogP contribution in [0.4, 0.5) is 10.5 Å². The minimum Gasteiger partial charge on any atom is -0.324 e. The number of carbonyl (C=O) groups excluding carboxylic acids is 1. The number of rotatable bonds is 3. The van der Waals surface area contributed by atoms with Gasteiger partial charge >= 0.3 is 6.03 Å². The molecule has 0 aromatic heterocycles. The molecule has 0 bridgehead atoms. The molecule has 2 amide bonds. The predicted octanol–water partition coefficient (Wildman–Crippen LogP) is 4.26. The molecule has 3 rings (SSSR count). The van der Waals surface area contributed by atoms with Crippen LogP contribution >= 0.6 is 0 Å². The second kappa shape index (κ2) is 7.91. The highest BCUT2D eigenvalue weighted by atomic mass is 32.2. The largest absolute Gasteiger partial charge is 0.324 e. The van der Waals surface area contributed by atoms with Gasteiger partial charge in [-0.1, -0.05) is 26.8 Å². The van der Waals surface area contributed by atoms with E-state index >= 15 is 0 Å². The molecule has 0 radical (unpaired) electrons. The molecule has 162 valence electrons. The van der Waals surface area contributed by atoms with Gasteiger partial charge in [-0.3, -0.25) is 0 Å². The third kappa shape index (κ3) is 4.45. The minimum absolute atomic E-state index is 0.117. The number of urea groups is 1. The molecule has 1 saturated heterocycles. The molecular formula is C22H35N3O3S. The van der Waals surface area contributed by atoms with Crippen molar-refractivity contribution in [2.75, 3.05) is 18.4 Å². The van der Waals surface area contributed by atoms with Crippen LogP contribution in [0.1, 0.15) is 77.3 Å². The van der Waals surface area contributed by atoms with Gasteiger partial charge in [-0.15, -0.1) is 0 Å². The Labute approximate surface area is 175 Å². The first-order valence-corrected chi connectivity index (χ1v) is 12.1. The minimum atomic E-state index is -3.37. The fourth-order valence-corrected chi connectivity index (χ4v) is 5.29. The summed E-state index contributed by atoms with van der Waals surface area (Å²) in [6.07, 6.45) is 1.25. The molecule has 29 heavy (non-hydrogen) atoms. The third-order valence-corrected chi connectivity index (χ3v) is 9.06. The number of likely N-dealkylation sites (tertiary alicyclic amines) is 1. The zero-order chi connectivity index (χ0) is 21.6. The Balaban J connectivity index is 1.57. The summed E-state index contributed by atoms with van der Waals surface area (Å²) in [5, 5.41) is 3.03. The van der Waals surface area contributed by atoms with Crippen LogP contribution in [0.25, 0.3) is 0 Å². The molecule has 6 nitrogen and oxygen atoms in total. The van der Waals surface area contributed by atoms with Crippen molar-refractivity contribution < 1.29 is 13.2 Å². The summed E-state index contributed by atoms with van der Waals surface area (Å²) in [6, 6.07) is 6.01. The molecule has 1 fully saturated rings. The highest BCUT2D eigenvalue weighted by Crippen LogP contribution is 2.46. The first-order chi connectivity index (χ1) is 13.4. The van der Waals surface area contributed by atoms with E-state index in [0.29, 0.717) is 43.7 Å². The Morgan fingerprint density at radius 3 is 2.21 bits per heavy atom. The van der Waals surface area contributed by atoms with Crippen LogP contribution in [0, 0.1) is 5.92 Å². The lowest BCUT2D eigenvalue weighted by molar-refractivity contribution is 0.193. The van der Waals surface area contributed by atoms with Crippen LogP contribution in [0.3, 0.4) is 0 Å². The first kappa shape index (κ1) is 22.1. The number of piperidine rings is 1. The molecular weight excluding hydrogens is 386 g/mol. The standard InChI is InChI=1S/C22H35N3O3S/c1-14-15(2)19-8-7-18(13-20(19)16(14)3)23-21(26)25-11-9-17(10-12-25)24-29(27,28)22(4,5)6/h7-8,13-17,24H,9-12H2,1-6H3,(H,23,26). The van der Waals surface area contributed by atoms with Crippen LogP contribution in [0.5, 0.6) is 0 Å². The molecule has 1 aliphatic heterocycles. The number of hydrogen-bond acceptors (Lipinski definition) is 3. The van der Waals surface area contributed by atoms with Gasteiger partial charge in [0, 0.05) is 24.8 Å². The highest BCUT2D eigenvalue weighted by molar-refractivity contribution is 7.90. The van der Waals surface area contributed by atoms with Crippen LogP contribution in [0.15, 0.2) is 18.2 Å². The van der Waals surface area contributed by atoms with E-state index in [0.717, 1.165) is 5.69 Å². The van der Waals surface area contributed by atoms with Crippen molar-refractivity contribution in [1.82, 2.24) is 9.62 Å². The maximum absolute atomic E-state index is 12.7. The molecule has 2 aliphatic rings. The Bertz CT molecular complexity index is 868. The normalized spacial score (nSPS) is 25.7. The fraction of sp³-hybridized carbons (Fsp3) is 0.682. The first-order valence-electron chi connectivity index (χ1n) is 10.6. The van der Waals surface area contributed by atoms with Crippen LogP contribution in [-0.2, 0) is 10.0 Å². The predicted molar refractivity (Wildman–Crippen MR) is 118 cm³/mol. The summed E-state index contributed by atoms with van der Waals surface area (Å²) >= 11 is 0. The van der Waals surface area contributed by atoms with Gasteiger partial charge in [0.1, 0.15) is 0 Å². The van der Waals surface area contributed by atoms with E-state index in [1.165, 1.54) is 11.1 Å². The van der Waals surface area contributed by atoms with Gasteiger partial charge in [0.05, 0.1) is 4.75 Å². The molecule has 2 N–H and O–H groups in total. The molecule has 7 heteroatoms. The van der Waals surface area contributed by atoms with Crippen LogP contribution in [0.2, 0.25) is 0 Å². The maximum Gasteiger partial charge on any atom is 0.321 e. The molecule has 1 aromatic rings. The smallest absolute Gasteiger partial charge is 0.321 e. The van der Waals surface area contributed by atoms with E-state index in [1.54, 1.807) is 25.7 Å². The molecule has 1 aromatic carbocycles. The molecule has 0 spiro atoms. The van der Waals surface area contributed by atoms with Gasteiger partial charge in [0.25, 0.3) is 0 Å². The summed E-state index contributed by atoms with van der Waals surface area (Å²) in [4.78, 5) is 14.5. The van der Waals surface area contributed by atoms with Crippen molar-refractivity contribution in [2.24, 2.45) is 5.92 Å². The second-order valence-electron chi connectivity index (χ2n) is 9.71. The molecule has 1 aliphatic carbocycles. The van der Waals surface area contributed by atoms with Gasteiger partial charge in [0.15, 0.2) is 0 Å². The van der Waals surface area contributed by atoms with Gasteiger partial charge in [-0.2, -0.15) is 0 Å². The third-order valence-electron chi connectivity index (χ3n) is 6.81. The number of carbonyl (C=O) groups is 1. The van der Waals surface area contributed by atoms with Crippen molar-refractivity contribution in [3.8, 4) is 0 Å². The zero-order valence-corrected chi connectivity index (χ0v) is 19.3. The summed E-state index contributed by atoms with van der Waals surface area (Å²) in [5.74, 6) is 1.64. The number of amides is 2. The quantitative estimate of drug-likeness (QED) is 0.765. The van der Waals surface area contributed by atoms with Crippen molar-refractivity contribution in [3.05, 3.63) is 29.3 Å². The summed E-state index contributed by atoms with van der Waals surface area (Å²) in [7, 11) is -3.37. The second-order valence-corrected chi connectivity index (χ2v) is 12.2. The van der Waals surface area contributed by atoms with Crippen molar-refractivity contribution in [3.63, 3.8) is 0 Å². The summed E-state index contributed by atoms with van der Waals surface area (Å²) in [5.41, 5.74) is 3.55. The lowest BCUT2D eigenvalue weighted by atomic mass is 9.91. The molecule has 3 unspecified atom stereocenters. The molecule has 3 atom stereocenters.